The first kappa shape index (κ1) is 13.8. The molecule has 0 spiro atoms. The van der Waals surface area contributed by atoms with Crippen LogP contribution in [0.2, 0.25) is 0 Å². The van der Waals surface area contributed by atoms with E-state index in [-0.39, 0.29) is 6.04 Å². The summed E-state index contributed by atoms with van der Waals surface area (Å²) in [7, 11) is 0. The Morgan fingerprint density at radius 1 is 1.33 bits per heavy atom. The van der Waals surface area contributed by atoms with Crippen molar-refractivity contribution >= 4 is 5.65 Å². The SMILES string of the molecule is Cc1cc2ncc(C(C)NCCc3ncc[nH]3)c(C)n2n1. The molecular weight excluding hydrogens is 264 g/mol. The van der Waals surface area contributed by atoms with Crippen LogP contribution >= 0.6 is 0 Å². The van der Waals surface area contributed by atoms with Gasteiger partial charge in [0.15, 0.2) is 5.65 Å². The minimum Gasteiger partial charge on any atom is -0.349 e. The van der Waals surface area contributed by atoms with Gasteiger partial charge >= 0.3 is 0 Å². The number of aromatic amines is 1. The Hall–Kier alpha value is -2.21. The Kier molecular flexibility index (Phi) is 3.70. The van der Waals surface area contributed by atoms with Crippen LogP contribution in [0.1, 0.15) is 35.7 Å². The molecule has 2 N–H and O–H groups in total. The van der Waals surface area contributed by atoms with E-state index in [1.807, 2.05) is 29.9 Å². The Morgan fingerprint density at radius 2 is 2.19 bits per heavy atom. The van der Waals surface area contributed by atoms with Crippen molar-refractivity contribution in [1.29, 1.82) is 0 Å². The quantitative estimate of drug-likeness (QED) is 0.751. The third-order valence-electron chi connectivity index (χ3n) is 3.72. The Labute approximate surface area is 123 Å². The highest BCUT2D eigenvalue weighted by Gasteiger charge is 2.12. The average Bonchev–Trinajstić information content (AvgIpc) is 3.08. The fourth-order valence-corrected chi connectivity index (χ4v) is 2.55. The predicted octanol–water partition coefficient (Wildman–Crippen LogP) is 1.96. The topological polar surface area (TPSA) is 70.9 Å². The van der Waals surface area contributed by atoms with Gasteiger partial charge in [0, 0.05) is 54.9 Å². The van der Waals surface area contributed by atoms with Crippen LogP contribution in [-0.2, 0) is 6.42 Å². The van der Waals surface area contributed by atoms with Gasteiger partial charge in [-0.25, -0.2) is 14.5 Å². The summed E-state index contributed by atoms with van der Waals surface area (Å²) in [4.78, 5) is 11.8. The lowest BCUT2D eigenvalue weighted by molar-refractivity contribution is 0.562. The number of nitrogens with zero attached hydrogens (tertiary/aromatic N) is 4. The van der Waals surface area contributed by atoms with E-state index in [1.165, 1.54) is 5.56 Å². The number of hydrogen-bond acceptors (Lipinski definition) is 4. The van der Waals surface area contributed by atoms with Crippen LogP contribution in [-0.4, -0.2) is 31.1 Å². The molecule has 0 saturated heterocycles. The van der Waals surface area contributed by atoms with Crippen molar-refractivity contribution in [2.75, 3.05) is 6.54 Å². The fourth-order valence-electron chi connectivity index (χ4n) is 2.55. The summed E-state index contributed by atoms with van der Waals surface area (Å²) in [6.07, 6.45) is 6.45. The lowest BCUT2D eigenvalue weighted by atomic mass is 10.1. The van der Waals surface area contributed by atoms with Gasteiger partial charge in [-0.1, -0.05) is 0 Å². The van der Waals surface area contributed by atoms with Gasteiger partial charge in [-0.2, -0.15) is 5.10 Å². The van der Waals surface area contributed by atoms with E-state index in [0.29, 0.717) is 0 Å². The molecule has 6 heteroatoms. The maximum Gasteiger partial charge on any atom is 0.155 e. The molecule has 0 bridgehead atoms. The van der Waals surface area contributed by atoms with Gasteiger partial charge in [0.25, 0.3) is 0 Å². The molecule has 0 radical (unpaired) electrons. The maximum absolute atomic E-state index is 4.49. The normalized spacial score (nSPS) is 12.9. The fraction of sp³-hybridized carbons (Fsp3) is 0.400. The number of imidazole rings is 1. The zero-order valence-electron chi connectivity index (χ0n) is 12.6. The van der Waals surface area contributed by atoms with Crippen molar-refractivity contribution in [1.82, 2.24) is 29.9 Å². The second-order valence-corrected chi connectivity index (χ2v) is 5.32. The zero-order valence-corrected chi connectivity index (χ0v) is 12.6. The molecular formula is C15H20N6. The summed E-state index contributed by atoms with van der Waals surface area (Å²) in [6.45, 7) is 7.08. The first-order chi connectivity index (χ1) is 10.1. The molecule has 0 amide bonds. The van der Waals surface area contributed by atoms with Gasteiger partial charge in [0.1, 0.15) is 5.82 Å². The molecule has 0 aliphatic carbocycles. The average molecular weight is 284 g/mol. The molecule has 3 aromatic rings. The molecule has 0 fully saturated rings. The van der Waals surface area contributed by atoms with E-state index >= 15 is 0 Å². The first-order valence-electron chi connectivity index (χ1n) is 7.18. The lowest BCUT2D eigenvalue weighted by Gasteiger charge is -2.16. The van der Waals surface area contributed by atoms with Crippen LogP contribution in [0.3, 0.4) is 0 Å². The minimum atomic E-state index is 0.223. The van der Waals surface area contributed by atoms with E-state index in [9.17, 15) is 0 Å². The van der Waals surface area contributed by atoms with Crippen molar-refractivity contribution in [2.24, 2.45) is 0 Å². The van der Waals surface area contributed by atoms with Crippen LogP contribution in [0.4, 0.5) is 0 Å². The standard InChI is InChI=1S/C15H20N6/c1-10-8-15-19-9-13(12(3)21(15)20-10)11(2)16-5-4-14-17-6-7-18-14/h6-9,11,16H,4-5H2,1-3H3,(H,17,18). The van der Waals surface area contributed by atoms with E-state index in [0.717, 1.165) is 35.8 Å². The number of hydrogen-bond donors (Lipinski definition) is 2. The Balaban J connectivity index is 1.71. The summed E-state index contributed by atoms with van der Waals surface area (Å²) in [5, 5.41) is 8.00. The molecule has 0 aromatic carbocycles. The lowest BCUT2D eigenvalue weighted by Crippen LogP contribution is -2.23. The van der Waals surface area contributed by atoms with Crippen molar-refractivity contribution < 1.29 is 0 Å². The highest BCUT2D eigenvalue weighted by Crippen LogP contribution is 2.17. The number of H-pyrrole nitrogens is 1. The molecule has 6 nitrogen and oxygen atoms in total. The maximum atomic E-state index is 4.49. The molecule has 1 unspecified atom stereocenters. The highest BCUT2D eigenvalue weighted by atomic mass is 15.3. The second-order valence-electron chi connectivity index (χ2n) is 5.32. The smallest absolute Gasteiger partial charge is 0.155 e. The highest BCUT2D eigenvalue weighted by molar-refractivity contribution is 5.42. The summed E-state index contributed by atoms with van der Waals surface area (Å²) >= 11 is 0. The number of aromatic nitrogens is 5. The van der Waals surface area contributed by atoms with E-state index in [1.54, 1.807) is 6.20 Å². The largest absolute Gasteiger partial charge is 0.349 e. The van der Waals surface area contributed by atoms with Gasteiger partial charge < -0.3 is 10.3 Å². The number of rotatable bonds is 5. The number of aryl methyl sites for hydroxylation is 2. The molecule has 3 aromatic heterocycles. The molecule has 0 aliphatic heterocycles. The van der Waals surface area contributed by atoms with E-state index in [4.69, 9.17) is 0 Å². The first-order valence-corrected chi connectivity index (χ1v) is 7.18. The molecule has 0 aliphatic rings. The third-order valence-corrected chi connectivity index (χ3v) is 3.72. The van der Waals surface area contributed by atoms with Gasteiger partial charge in [-0.05, 0) is 20.8 Å². The van der Waals surface area contributed by atoms with Crippen LogP contribution in [0.5, 0.6) is 0 Å². The molecule has 3 rings (SSSR count). The Morgan fingerprint density at radius 3 is 2.95 bits per heavy atom. The number of fused-ring (bicyclic) bond motifs is 1. The zero-order chi connectivity index (χ0) is 14.8. The van der Waals surface area contributed by atoms with Crippen LogP contribution in [0.25, 0.3) is 5.65 Å². The summed E-state index contributed by atoms with van der Waals surface area (Å²) in [5.74, 6) is 1.00. The third kappa shape index (κ3) is 2.80. The number of nitrogens with one attached hydrogen (secondary N) is 2. The second kappa shape index (κ2) is 5.65. The van der Waals surface area contributed by atoms with Gasteiger partial charge in [0.2, 0.25) is 0 Å². The van der Waals surface area contributed by atoms with Crippen molar-refractivity contribution in [3.05, 3.63) is 47.4 Å². The Bertz CT molecular complexity index is 728. The van der Waals surface area contributed by atoms with E-state index in [2.05, 4.69) is 39.2 Å². The van der Waals surface area contributed by atoms with Crippen LogP contribution < -0.4 is 5.32 Å². The summed E-state index contributed by atoms with van der Waals surface area (Å²) in [6, 6.07) is 2.22. The van der Waals surface area contributed by atoms with Crippen LogP contribution in [0.15, 0.2) is 24.7 Å². The van der Waals surface area contributed by atoms with Crippen molar-refractivity contribution in [2.45, 2.75) is 33.2 Å². The van der Waals surface area contributed by atoms with Crippen molar-refractivity contribution in [3.8, 4) is 0 Å². The monoisotopic (exact) mass is 284 g/mol. The summed E-state index contributed by atoms with van der Waals surface area (Å²) < 4.78 is 1.91. The summed E-state index contributed by atoms with van der Waals surface area (Å²) in [5.41, 5.74) is 4.19. The van der Waals surface area contributed by atoms with Crippen LogP contribution in [0, 0.1) is 13.8 Å². The molecule has 0 saturated carbocycles. The van der Waals surface area contributed by atoms with Gasteiger partial charge in [0.05, 0.1) is 5.69 Å². The molecule has 110 valence electrons. The van der Waals surface area contributed by atoms with E-state index < -0.39 is 0 Å². The van der Waals surface area contributed by atoms with Crippen molar-refractivity contribution in [3.63, 3.8) is 0 Å². The molecule has 1 atom stereocenters. The molecule has 3 heterocycles. The predicted molar refractivity (Wildman–Crippen MR) is 81.2 cm³/mol. The van der Waals surface area contributed by atoms with Gasteiger partial charge in [-0.15, -0.1) is 0 Å². The van der Waals surface area contributed by atoms with Gasteiger partial charge in [-0.3, -0.25) is 0 Å². The minimum absolute atomic E-state index is 0.223. The molecule has 21 heavy (non-hydrogen) atoms.